The highest BCUT2D eigenvalue weighted by atomic mass is 16.5. The molecule has 0 aromatic rings. The molecule has 0 aliphatic heterocycles. The van der Waals surface area contributed by atoms with E-state index in [1.54, 1.807) is 19.9 Å². The number of amides is 1. The van der Waals surface area contributed by atoms with Crippen LogP contribution in [0.15, 0.2) is 12.7 Å². The van der Waals surface area contributed by atoms with E-state index in [4.69, 9.17) is 9.84 Å². The summed E-state index contributed by atoms with van der Waals surface area (Å²) in [7, 11) is 0. The number of ether oxygens (including phenoxy) is 1. The third kappa shape index (κ3) is 8.72. The van der Waals surface area contributed by atoms with Gasteiger partial charge in [-0.2, -0.15) is 0 Å². The predicted molar refractivity (Wildman–Crippen MR) is 66.1 cm³/mol. The van der Waals surface area contributed by atoms with Crippen LogP contribution < -0.4 is 5.32 Å². The minimum absolute atomic E-state index is 0.000686. The van der Waals surface area contributed by atoms with E-state index in [2.05, 4.69) is 11.9 Å². The maximum absolute atomic E-state index is 11.3. The predicted octanol–water partition coefficient (Wildman–Crippen LogP) is 0.309. The van der Waals surface area contributed by atoms with E-state index in [1.807, 2.05) is 0 Å². The van der Waals surface area contributed by atoms with Crippen molar-refractivity contribution in [2.24, 2.45) is 0 Å². The maximum atomic E-state index is 11.3. The summed E-state index contributed by atoms with van der Waals surface area (Å²) >= 11 is 0. The number of hydrogen-bond donors (Lipinski definition) is 3. The Morgan fingerprint density at radius 3 is 2.56 bits per heavy atom. The molecule has 0 rings (SSSR count). The van der Waals surface area contributed by atoms with E-state index in [0.717, 1.165) is 0 Å². The molecule has 18 heavy (non-hydrogen) atoms. The standard InChI is InChI=1S/C12H21NO5/c1-4-5-6-10(14)13-9(11(15)16)7-18-8-12(2,3)17/h4,9,17H,1,5-8H2,2-3H3,(H,13,14)(H,15,16)/t9-/m0/s1. The zero-order chi connectivity index (χ0) is 14.2. The lowest BCUT2D eigenvalue weighted by Gasteiger charge is -2.19. The number of allylic oxidation sites excluding steroid dienone is 1. The monoisotopic (exact) mass is 259 g/mol. The molecule has 0 saturated heterocycles. The van der Waals surface area contributed by atoms with Crippen LogP contribution in [-0.2, 0) is 14.3 Å². The van der Waals surface area contributed by atoms with Gasteiger partial charge in [-0.15, -0.1) is 6.58 Å². The lowest BCUT2D eigenvalue weighted by atomic mass is 10.2. The van der Waals surface area contributed by atoms with Crippen LogP contribution in [0.1, 0.15) is 26.7 Å². The molecule has 0 saturated carbocycles. The van der Waals surface area contributed by atoms with Crippen LogP contribution in [0.4, 0.5) is 0 Å². The number of carbonyl (C=O) groups is 2. The largest absolute Gasteiger partial charge is 0.480 e. The Bertz CT molecular complexity index is 295. The van der Waals surface area contributed by atoms with Crippen molar-refractivity contribution in [3.05, 3.63) is 12.7 Å². The third-order valence-electron chi connectivity index (χ3n) is 1.95. The molecule has 0 aromatic carbocycles. The fourth-order valence-electron chi connectivity index (χ4n) is 1.10. The van der Waals surface area contributed by atoms with Gasteiger partial charge in [0.25, 0.3) is 0 Å². The Morgan fingerprint density at radius 1 is 1.50 bits per heavy atom. The van der Waals surface area contributed by atoms with Crippen molar-refractivity contribution in [2.75, 3.05) is 13.2 Å². The van der Waals surface area contributed by atoms with E-state index < -0.39 is 17.6 Å². The third-order valence-corrected chi connectivity index (χ3v) is 1.95. The Kier molecular flexibility index (Phi) is 7.23. The van der Waals surface area contributed by atoms with Gasteiger partial charge in [0.2, 0.25) is 5.91 Å². The number of aliphatic hydroxyl groups is 1. The zero-order valence-corrected chi connectivity index (χ0v) is 10.8. The molecule has 1 amide bonds. The molecule has 0 aliphatic carbocycles. The van der Waals surface area contributed by atoms with Gasteiger partial charge in [0.15, 0.2) is 6.04 Å². The van der Waals surface area contributed by atoms with Gasteiger partial charge in [0.05, 0.1) is 18.8 Å². The second-order valence-corrected chi connectivity index (χ2v) is 4.61. The molecular weight excluding hydrogens is 238 g/mol. The Balaban J connectivity index is 4.11. The molecule has 0 unspecified atom stereocenters. The highest BCUT2D eigenvalue weighted by Gasteiger charge is 2.21. The molecule has 104 valence electrons. The molecule has 0 heterocycles. The summed E-state index contributed by atoms with van der Waals surface area (Å²) in [6, 6.07) is -1.11. The first-order chi connectivity index (χ1) is 8.26. The highest BCUT2D eigenvalue weighted by Crippen LogP contribution is 2.02. The van der Waals surface area contributed by atoms with Gasteiger partial charge in [0, 0.05) is 6.42 Å². The normalized spacial score (nSPS) is 12.8. The molecule has 0 bridgehead atoms. The summed E-state index contributed by atoms with van der Waals surface area (Å²) in [4.78, 5) is 22.2. The molecule has 0 spiro atoms. The first-order valence-electron chi connectivity index (χ1n) is 5.69. The van der Waals surface area contributed by atoms with Gasteiger partial charge in [-0.05, 0) is 20.3 Å². The Morgan fingerprint density at radius 2 is 2.11 bits per heavy atom. The van der Waals surface area contributed by atoms with Crippen molar-refractivity contribution < 1.29 is 24.5 Å². The molecule has 0 aromatic heterocycles. The second kappa shape index (κ2) is 7.84. The van der Waals surface area contributed by atoms with Gasteiger partial charge in [-0.25, -0.2) is 4.79 Å². The van der Waals surface area contributed by atoms with Crippen molar-refractivity contribution in [2.45, 2.75) is 38.3 Å². The van der Waals surface area contributed by atoms with E-state index in [-0.39, 0.29) is 25.5 Å². The SMILES string of the molecule is C=CCCC(=O)N[C@@H](COCC(C)(C)O)C(=O)O. The first-order valence-corrected chi connectivity index (χ1v) is 5.69. The first kappa shape index (κ1) is 16.6. The molecule has 0 fully saturated rings. The van der Waals surface area contributed by atoms with Gasteiger partial charge >= 0.3 is 5.97 Å². The van der Waals surface area contributed by atoms with Crippen LogP contribution in [0, 0.1) is 0 Å². The van der Waals surface area contributed by atoms with Gasteiger partial charge in [-0.3, -0.25) is 4.79 Å². The minimum Gasteiger partial charge on any atom is -0.480 e. The Labute approximate surface area is 107 Å². The van der Waals surface area contributed by atoms with Crippen LogP contribution in [0.25, 0.3) is 0 Å². The average molecular weight is 259 g/mol. The lowest BCUT2D eigenvalue weighted by molar-refractivity contribution is -0.144. The van der Waals surface area contributed by atoms with E-state index in [1.165, 1.54) is 0 Å². The molecule has 0 radical (unpaired) electrons. The average Bonchev–Trinajstić information content (AvgIpc) is 2.23. The highest BCUT2D eigenvalue weighted by molar-refractivity contribution is 5.83. The van der Waals surface area contributed by atoms with E-state index in [9.17, 15) is 14.7 Å². The number of nitrogens with one attached hydrogen (secondary N) is 1. The van der Waals surface area contributed by atoms with Crippen LogP contribution in [0.5, 0.6) is 0 Å². The van der Waals surface area contributed by atoms with Crippen molar-refractivity contribution in [3.8, 4) is 0 Å². The quantitative estimate of drug-likeness (QED) is 0.518. The number of carboxylic acid groups (broad SMARTS) is 1. The van der Waals surface area contributed by atoms with Crippen molar-refractivity contribution >= 4 is 11.9 Å². The summed E-state index contributed by atoms with van der Waals surface area (Å²) in [5.41, 5.74) is -1.03. The summed E-state index contributed by atoms with van der Waals surface area (Å²) in [5, 5.41) is 20.6. The summed E-state index contributed by atoms with van der Waals surface area (Å²) in [6.45, 7) is 6.39. The molecule has 3 N–H and O–H groups in total. The smallest absolute Gasteiger partial charge is 0.328 e. The van der Waals surface area contributed by atoms with E-state index >= 15 is 0 Å². The lowest BCUT2D eigenvalue weighted by Crippen LogP contribution is -2.44. The molecular formula is C12H21NO5. The summed E-state index contributed by atoms with van der Waals surface area (Å²) in [5.74, 6) is -1.54. The van der Waals surface area contributed by atoms with Crippen molar-refractivity contribution in [1.82, 2.24) is 5.32 Å². The fraction of sp³-hybridized carbons (Fsp3) is 0.667. The topological polar surface area (TPSA) is 95.9 Å². The summed E-state index contributed by atoms with van der Waals surface area (Å²) in [6.07, 6.45) is 2.27. The van der Waals surface area contributed by atoms with Gasteiger partial charge in [-0.1, -0.05) is 6.08 Å². The molecule has 6 nitrogen and oxygen atoms in total. The summed E-state index contributed by atoms with van der Waals surface area (Å²) < 4.78 is 5.06. The number of carboxylic acids is 1. The van der Waals surface area contributed by atoms with Gasteiger partial charge in [0.1, 0.15) is 0 Å². The van der Waals surface area contributed by atoms with Crippen LogP contribution in [0.2, 0.25) is 0 Å². The zero-order valence-electron chi connectivity index (χ0n) is 10.8. The van der Waals surface area contributed by atoms with Crippen LogP contribution in [-0.4, -0.2) is 46.9 Å². The van der Waals surface area contributed by atoms with E-state index in [0.29, 0.717) is 6.42 Å². The van der Waals surface area contributed by atoms with Crippen molar-refractivity contribution in [1.29, 1.82) is 0 Å². The maximum Gasteiger partial charge on any atom is 0.328 e. The minimum atomic E-state index is -1.17. The number of rotatable bonds is 9. The van der Waals surface area contributed by atoms with Crippen LogP contribution >= 0.6 is 0 Å². The van der Waals surface area contributed by atoms with Crippen LogP contribution in [0.3, 0.4) is 0 Å². The number of aliphatic carboxylic acids is 1. The Hall–Kier alpha value is -1.40. The second-order valence-electron chi connectivity index (χ2n) is 4.61. The number of carbonyl (C=O) groups excluding carboxylic acids is 1. The molecule has 1 atom stereocenters. The van der Waals surface area contributed by atoms with Crippen molar-refractivity contribution in [3.63, 3.8) is 0 Å². The number of hydrogen-bond acceptors (Lipinski definition) is 4. The molecule has 6 heteroatoms. The molecule has 0 aliphatic rings. The fourth-order valence-corrected chi connectivity index (χ4v) is 1.10. The van der Waals surface area contributed by atoms with Gasteiger partial charge < -0.3 is 20.3 Å².